The fraction of sp³-hybridized carbons (Fsp3) is 0.250. The highest BCUT2D eigenvalue weighted by atomic mass is 32.2. The van der Waals surface area contributed by atoms with Gasteiger partial charge in [-0.25, -0.2) is 0 Å². The third-order valence-electron chi connectivity index (χ3n) is 3.03. The van der Waals surface area contributed by atoms with E-state index in [1.165, 1.54) is 4.90 Å². The predicted molar refractivity (Wildman–Crippen MR) is 83.6 cm³/mol. The molecule has 0 aliphatic rings. The number of nitrogens with two attached hydrogens (primary N) is 1. The summed E-state index contributed by atoms with van der Waals surface area (Å²) in [4.78, 5) is 1.19. The summed E-state index contributed by atoms with van der Waals surface area (Å²) in [7, 11) is 3.33. The summed E-state index contributed by atoms with van der Waals surface area (Å²) in [6.45, 7) is 0. The lowest BCUT2D eigenvalue weighted by Crippen LogP contribution is -2.12. The molecule has 0 aliphatic carbocycles. The van der Waals surface area contributed by atoms with E-state index >= 15 is 0 Å². The van der Waals surface area contributed by atoms with Gasteiger partial charge in [-0.2, -0.15) is 0 Å². The summed E-state index contributed by atoms with van der Waals surface area (Å²) in [6.07, 6.45) is 0. The third kappa shape index (κ3) is 3.92. The Hall–Kier alpha value is -1.65. The minimum atomic E-state index is 0.00741. The number of rotatable bonds is 6. The van der Waals surface area contributed by atoms with Crippen molar-refractivity contribution in [3.05, 3.63) is 54.1 Å². The summed E-state index contributed by atoms with van der Waals surface area (Å²) in [5.41, 5.74) is 7.32. The molecule has 0 amide bonds. The number of thioether (sulfide) groups is 1. The summed E-state index contributed by atoms with van der Waals surface area (Å²) in [6, 6.07) is 15.9. The molecule has 2 aromatic rings. The highest BCUT2D eigenvalue weighted by Gasteiger charge is 2.07. The van der Waals surface area contributed by atoms with Crippen molar-refractivity contribution in [1.82, 2.24) is 0 Å². The second-order valence-electron chi connectivity index (χ2n) is 4.37. The zero-order valence-corrected chi connectivity index (χ0v) is 12.5. The van der Waals surface area contributed by atoms with E-state index in [1.807, 2.05) is 48.5 Å². The average molecular weight is 289 g/mol. The van der Waals surface area contributed by atoms with Gasteiger partial charge in [0, 0.05) is 16.7 Å². The van der Waals surface area contributed by atoms with Gasteiger partial charge in [0.15, 0.2) is 0 Å². The Labute approximate surface area is 124 Å². The SMILES string of the molecule is COc1ccc(SCC(N)c2ccc(OC)cc2)cc1. The molecule has 0 aromatic heterocycles. The number of benzene rings is 2. The molecule has 0 fully saturated rings. The second kappa shape index (κ2) is 7.22. The van der Waals surface area contributed by atoms with Gasteiger partial charge in [0.1, 0.15) is 11.5 Å². The van der Waals surface area contributed by atoms with Crippen LogP contribution in [0.2, 0.25) is 0 Å². The van der Waals surface area contributed by atoms with E-state index in [-0.39, 0.29) is 6.04 Å². The van der Waals surface area contributed by atoms with Crippen molar-refractivity contribution in [2.24, 2.45) is 5.73 Å². The molecule has 0 heterocycles. The summed E-state index contributed by atoms with van der Waals surface area (Å²) < 4.78 is 10.3. The first-order valence-corrected chi connectivity index (χ1v) is 7.38. The molecule has 0 bridgehead atoms. The number of hydrogen-bond acceptors (Lipinski definition) is 4. The largest absolute Gasteiger partial charge is 0.497 e. The standard InChI is InChI=1S/C16H19NO2S/c1-18-13-5-3-12(4-6-13)16(17)11-20-15-9-7-14(19-2)8-10-15/h3-10,16H,11,17H2,1-2H3. The van der Waals surface area contributed by atoms with Crippen molar-refractivity contribution in [3.8, 4) is 11.5 Å². The normalized spacial score (nSPS) is 11.9. The van der Waals surface area contributed by atoms with Gasteiger partial charge in [0.05, 0.1) is 14.2 Å². The van der Waals surface area contributed by atoms with Crippen molar-refractivity contribution < 1.29 is 9.47 Å². The molecule has 106 valence electrons. The predicted octanol–water partition coefficient (Wildman–Crippen LogP) is 3.50. The first kappa shape index (κ1) is 14.8. The van der Waals surface area contributed by atoms with Crippen LogP contribution in [-0.4, -0.2) is 20.0 Å². The van der Waals surface area contributed by atoms with Gasteiger partial charge in [-0.05, 0) is 42.0 Å². The van der Waals surface area contributed by atoms with Crippen LogP contribution < -0.4 is 15.2 Å². The molecule has 0 radical (unpaired) electrons. The summed E-state index contributed by atoms with van der Waals surface area (Å²) in [5, 5.41) is 0. The minimum absolute atomic E-state index is 0.00741. The Balaban J connectivity index is 1.91. The Morgan fingerprint density at radius 3 is 1.90 bits per heavy atom. The second-order valence-corrected chi connectivity index (χ2v) is 5.46. The average Bonchev–Trinajstić information content (AvgIpc) is 2.53. The van der Waals surface area contributed by atoms with E-state index in [0.717, 1.165) is 22.8 Å². The Morgan fingerprint density at radius 2 is 1.40 bits per heavy atom. The lowest BCUT2D eigenvalue weighted by molar-refractivity contribution is 0.414. The van der Waals surface area contributed by atoms with Crippen LogP contribution in [0, 0.1) is 0 Å². The van der Waals surface area contributed by atoms with Crippen LogP contribution in [0.5, 0.6) is 11.5 Å². The van der Waals surface area contributed by atoms with E-state index in [9.17, 15) is 0 Å². The van der Waals surface area contributed by atoms with Crippen molar-refractivity contribution in [1.29, 1.82) is 0 Å². The third-order valence-corrected chi connectivity index (χ3v) is 4.16. The maximum absolute atomic E-state index is 6.20. The molecule has 4 heteroatoms. The molecule has 2 rings (SSSR count). The first-order valence-electron chi connectivity index (χ1n) is 6.39. The number of ether oxygens (including phenoxy) is 2. The van der Waals surface area contributed by atoms with E-state index in [2.05, 4.69) is 0 Å². The van der Waals surface area contributed by atoms with Crippen LogP contribution in [0.25, 0.3) is 0 Å². The molecule has 0 saturated heterocycles. The van der Waals surface area contributed by atoms with Crippen molar-refractivity contribution in [3.63, 3.8) is 0 Å². The van der Waals surface area contributed by atoms with Gasteiger partial charge in [-0.3, -0.25) is 0 Å². The zero-order valence-electron chi connectivity index (χ0n) is 11.7. The molecule has 2 aromatic carbocycles. The van der Waals surface area contributed by atoms with Gasteiger partial charge < -0.3 is 15.2 Å². The van der Waals surface area contributed by atoms with Crippen LogP contribution in [0.3, 0.4) is 0 Å². The molecule has 20 heavy (non-hydrogen) atoms. The smallest absolute Gasteiger partial charge is 0.118 e. The van der Waals surface area contributed by atoms with E-state index in [1.54, 1.807) is 26.0 Å². The quantitative estimate of drug-likeness (QED) is 0.827. The van der Waals surface area contributed by atoms with E-state index in [4.69, 9.17) is 15.2 Å². The molecule has 0 spiro atoms. The maximum Gasteiger partial charge on any atom is 0.118 e. The van der Waals surface area contributed by atoms with Crippen LogP contribution >= 0.6 is 11.8 Å². The van der Waals surface area contributed by atoms with Crippen LogP contribution in [-0.2, 0) is 0 Å². The lowest BCUT2D eigenvalue weighted by atomic mass is 10.1. The molecule has 1 unspecified atom stereocenters. The summed E-state index contributed by atoms with van der Waals surface area (Å²) >= 11 is 1.74. The van der Waals surface area contributed by atoms with Gasteiger partial charge in [-0.1, -0.05) is 12.1 Å². The summed E-state index contributed by atoms with van der Waals surface area (Å²) in [5.74, 6) is 2.55. The number of hydrogen-bond donors (Lipinski definition) is 1. The molecule has 1 atom stereocenters. The topological polar surface area (TPSA) is 44.5 Å². The first-order chi connectivity index (χ1) is 9.72. The van der Waals surface area contributed by atoms with Gasteiger partial charge in [-0.15, -0.1) is 11.8 Å². The Kier molecular flexibility index (Phi) is 5.32. The Bertz CT molecular complexity index is 525. The number of methoxy groups -OCH3 is 2. The zero-order chi connectivity index (χ0) is 14.4. The van der Waals surface area contributed by atoms with Crippen LogP contribution in [0.1, 0.15) is 11.6 Å². The fourth-order valence-corrected chi connectivity index (χ4v) is 2.70. The molecular formula is C16H19NO2S. The van der Waals surface area contributed by atoms with Gasteiger partial charge >= 0.3 is 0 Å². The Morgan fingerprint density at radius 1 is 0.900 bits per heavy atom. The molecule has 3 nitrogen and oxygen atoms in total. The van der Waals surface area contributed by atoms with E-state index in [0.29, 0.717) is 0 Å². The molecular weight excluding hydrogens is 270 g/mol. The van der Waals surface area contributed by atoms with Crippen molar-refractivity contribution >= 4 is 11.8 Å². The van der Waals surface area contributed by atoms with Gasteiger partial charge in [0.25, 0.3) is 0 Å². The maximum atomic E-state index is 6.20. The van der Waals surface area contributed by atoms with Crippen molar-refractivity contribution in [2.75, 3.05) is 20.0 Å². The van der Waals surface area contributed by atoms with E-state index < -0.39 is 0 Å². The lowest BCUT2D eigenvalue weighted by Gasteiger charge is -2.12. The van der Waals surface area contributed by atoms with Crippen LogP contribution in [0.15, 0.2) is 53.4 Å². The molecule has 0 saturated carbocycles. The minimum Gasteiger partial charge on any atom is -0.497 e. The monoisotopic (exact) mass is 289 g/mol. The highest BCUT2D eigenvalue weighted by Crippen LogP contribution is 2.26. The van der Waals surface area contributed by atoms with Gasteiger partial charge in [0.2, 0.25) is 0 Å². The van der Waals surface area contributed by atoms with Crippen molar-refractivity contribution in [2.45, 2.75) is 10.9 Å². The highest BCUT2D eigenvalue weighted by molar-refractivity contribution is 7.99. The molecule has 0 aliphatic heterocycles. The van der Waals surface area contributed by atoms with Crippen LogP contribution in [0.4, 0.5) is 0 Å². The molecule has 2 N–H and O–H groups in total. The fourth-order valence-electron chi connectivity index (χ4n) is 1.81.